The third-order valence-electron chi connectivity index (χ3n) is 7.43. The summed E-state index contributed by atoms with van der Waals surface area (Å²) in [5.41, 5.74) is 3.28. The number of piperidine rings is 1. The van der Waals surface area contributed by atoms with Crippen LogP contribution >= 0.6 is 0 Å². The van der Waals surface area contributed by atoms with Crippen LogP contribution in [0.4, 0.5) is 18.9 Å². The quantitative estimate of drug-likeness (QED) is 0.266. The lowest BCUT2D eigenvalue weighted by molar-refractivity contribution is -0.137. The van der Waals surface area contributed by atoms with E-state index in [0.29, 0.717) is 37.2 Å². The molecule has 1 saturated heterocycles. The number of rotatable bonds is 5. The first kappa shape index (κ1) is 26.4. The van der Waals surface area contributed by atoms with Gasteiger partial charge in [0.15, 0.2) is 0 Å². The number of benzene rings is 2. The van der Waals surface area contributed by atoms with Crippen LogP contribution in [0.2, 0.25) is 0 Å². The molecule has 0 saturated carbocycles. The Morgan fingerprint density at radius 2 is 1.61 bits per heavy atom. The molecule has 0 radical (unpaired) electrons. The number of aromatic nitrogens is 3. The Labute approximate surface area is 233 Å². The maximum Gasteiger partial charge on any atom is 0.416 e. The van der Waals surface area contributed by atoms with E-state index in [1.807, 2.05) is 65.2 Å². The van der Waals surface area contributed by atoms with Crippen LogP contribution in [0.15, 0.2) is 97.5 Å². The second-order valence-corrected chi connectivity index (χ2v) is 10.0. The fourth-order valence-corrected chi connectivity index (χ4v) is 5.28. The fraction of sp³-hybridized carbons (Fsp3) is 0.194. The summed E-state index contributed by atoms with van der Waals surface area (Å²) in [5.74, 6) is -0.535. The lowest BCUT2D eigenvalue weighted by atomic mass is 10.0. The van der Waals surface area contributed by atoms with Crippen LogP contribution < -0.4 is 5.32 Å². The van der Waals surface area contributed by atoms with E-state index in [9.17, 15) is 22.8 Å². The molecule has 6 rings (SSSR count). The molecule has 208 valence electrons. The average molecular weight is 558 g/mol. The van der Waals surface area contributed by atoms with Gasteiger partial charge < -0.3 is 14.6 Å². The summed E-state index contributed by atoms with van der Waals surface area (Å²) >= 11 is 0. The predicted molar refractivity (Wildman–Crippen MR) is 149 cm³/mol. The third kappa shape index (κ3) is 5.32. The number of hydrogen-bond donors (Lipinski definition) is 1. The zero-order valence-corrected chi connectivity index (χ0v) is 21.9. The Hall–Kier alpha value is -4.86. The van der Waals surface area contributed by atoms with Gasteiger partial charge in [-0.15, -0.1) is 0 Å². The number of amides is 2. The highest BCUT2D eigenvalue weighted by Gasteiger charge is 2.31. The molecule has 7 nitrogen and oxygen atoms in total. The summed E-state index contributed by atoms with van der Waals surface area (Å²) in [4.78, 5) is 27.8. The van der Waals surface area contributed by atoms with Crippen molar-refractivity contribution in [1.29, 1.82) is 0 Å². The molecule has 1 aliphatic heterocycles. The minimum Gasteiger partial charge on any atom is -0.338 e. The van der Waals surface area contributed by atoms with Crippen molar-refractivity contribution < 1.29 is 22.8 Å². The van der Waals surface area contributed by atoms with Gasteiger partial charge in [0, 0.05) is 31.0 Å². The number of nitrogens with one attached hydrogen (secondary N) is 1. The average Bonchev–Trinajstić information content (AvgIpc) is 3.62. The molecule has 0 atom stereocenters. The number of hydrogen-bond acceptors (Lipinski definition) is 3. The molecule has 2 aromatic carbocycles. The van der Waals surface area contributed by atoms with Gasteiger partial charge in [-0.05, 0) is 60.9 Å². The molecule has 1 aliphatic rings. The van der Waals surface area contributed by atoms with E-state index >= 15 is 0 Å². The van der Waals surface area contributed by atoms with E-state index in [1.54, 1.807) is 22.0 Å². The number of nitrogens with zero attached hydrogens (tertiary/aromatic N) is 4. The number of likely N-dealkylation sites (tertiary alicyclic amines) is 1. The van der Waals surface area contributed by atoms with E-state index in [1.165, 1.54) is 12.1 Å². The van der Waals surface area contributed by atoms with Crippen LogP contribution in [-0.2, 0) is 6.18 Å². The molecule has 2 amide bonds. The van der Waals surface area contributed by atoms with Crippen LogP contribution in [-0.4, -0.2) is 44.0 Å². The van der Waals surface area contributed by atoms with E-state index in [2.05, 4.69) is 10.4 Å². The molecule has 1 N–H and O–H groups in total. The summed E-state index contributed by atoms with van der Waals surface area (Å²) in [6.45, 7) is 0.899. The third-order valence-corrected chi connectivity index (χ3v) is 7.43. The molecule has 0 unspecified atom stereocenters. The first-order chi connectivity index (χ1) is 19.8. The molecule has 4 heterocycles. The van der Waals surface area contributed by atoms with Crippen LogP contribution in [0.25, 0.3) is 16.8 Å². The van der Waals surface area contributed by atoms with Gasteiger partial charge in [-0.1, -0.05) is 36.4 Å². The Bertz CT molecular complexity index is 1700. The largest absolute Gasteiger partial charge is 0.416 e. The molecular weight excluding hydrogens is 531 g/mol. The van der Waals surface area contributed by atoms with Crippen molar-refractivity contribution in [2.45, 2.75) is 25.1 Å². The minimum absolute atomic E-state index is 0.0253. The summed E-state index contributed by atoms with van der Waals surface area (Å²) in [7, 11) is 0. The van der Waals surface area contributed by atoms with Crippen molar-refractivity contribution in [3.05, 3.63) is 114 Å². The van der Waals surface area contributed by atoms with E-state index in [-0.39, 0.29) is 23.4 Å². The smallest absolute Gasteiger partial charge is 0.338 e. The van der Waals surface area contributed by atoms with Gasteiger partial charge in [0.25, 0.3) is 11.8 Å². The normalized spacial score (nSPS) is 14.4. The molecule has 5 aromatic rings. The maximum atomic E-state index is 13.3. The van der Waals surface area contributed by atoms with Crippen LogP contribution in [0.3, 0.4) is 0 Å². The Balaban J connectivity index is 1.11. The molecule has 0 spiro atoms. The first-order valence-corrected chi connectivity index (χ1v) is 13.3. The standard InChI is InChI=1S/C31H26F3N5O2/c32-31(33,34)23-11-9-22(10-12-23)30(41)37-16-13-25(14-17-37)39-20-24(19-35-39)36-29(40)26-18-28(21-6-2-1-3-7-21)38-15-5-4-8-27(26)38/h1-12,15,18-20,25H,13-14,16-17H2,(H,36,40). The van der Waals surface area contributed by atoms with Crippen LogP contribution in [0.1, 0.15) is 45.2 Å². The van der Waals surface area contributed by atoms with Crippen molar-refractivity contribution in [3.8, 4) is 11.3 Å². The van der Waals surface area contributed by atoms with Gasteiger partial charge in [-0.2, -0.15) is 18.3 Å². The van der Waals surface area contributed by atoms with Crippen molar-refractivity contribution in [2.75, 3.05) is 18.4 Å². The van der Waals surface area contributed by atoms with Gasteiger partial charge in [0.05, 0.1) is 40.3 Å². The lowest BCUT2D eigenvalue weighted by Gasteiger charge is -2.32. The highest BCUT2D eigenvalue weighted by molar-refractivity contribution is 6.10. The highest BCUT2D eigenvalue weighted by atomic mass is 19.4. The second-order valence-electron chi connectivity index (χ2n) is 10.0. The highest BCUT2D eigenvalue weighted by Crippen LogP contribution is 2.30. The number of anilines is 1. The van der Waals surface area contributed by atoms with E-state index < -0.39 is 11.7 Å². The topological polar surface area (TPSA) is 71.6 Å². The first-order valence-electron chi connectivity index (χ1n) is 13.3. The van der Waals surface area contributed by atoms with Gasteiger partial charge in [0.2, 0.25) is 0 Å². The number of alkyl halides is 3. The number of carbonyl (C=O) groups excluding carboxylic acids is 2. The molecule has 0 bridgehead atoms. The Morgan fingerprint density at radius 3 is 2.32 bits per heavy atom. The zero-order valence-electron chi connectivity index (χ0n) is 21.9. The molecule has 3 aromatic heterocycles. The van der Waals surface area contributed by atoms with Gasteiger partial charge >= 0.3 is 6.18 Å². The monoisotopic (exact) mass is 557 g/mol. The minimum atomic E-state index is -4.44. The van der Waals surface area contributed by atoms with Crippen molar-refractivity contribution in [2.24, 2.45) is 0 Å². The van der Waals surface area contributed by atoms with Crippen molar-refractivity contribution in [3.63, 3.8) is 0 Å². The molecule has 41 heavy (non-hydrogen) atoms. The summed E-state index contributed by atoms with van der Waals surface area (Å²) in [6.07, 6.45) is 2.14. The Morgan fingerprint density at radius 1 is 0.902 bits per heavy atom. The summed E-state index contributed by atoms with van der Waals surface area (Å²) in [5, 5.41) is 7.41. The maximum absolute atomic E-state index is 13.3. The fourth-order valence-electron chi connectivity index (χ4n) is 5.28. The van der Waals surface area contributed by atoms with Gasteiger partial charge in [-0.25, -0.2) is 0 Å². The predicted octanol–water partition coefficient (Wildman–Crippen LogP) is 6.55. The van der Waals surface area contributed by atoms with E-state index in [0.717, 1.165) is 28.9 Å². The van der Waals surface area contributed by atoms with Crippen molar-refractivity contribution >= 4 is 23.0 Å². The summed E-state index contributed by atoms with van der Waals surface area (Å²) in [6, 6.07) is 21.8. The molecule has 1 fully saturated rings. The van der Waals surface area contributed by atoms with Gasteiger partial charge in [0.1, 0.15) is 0 Å². The number of carbonyl (C=O) groups is 2. The second kappa shape index (κ2) is 10.6. The number of pyridine rings is 1. The lowest BCUT2D eigenvalue weighted by Crippen LogP contribution is -2.39. The van der Waals surface area contributed by atoms with Crippen LogP contribution in [0.5, 0.6) is 0 Å². The SMILES string of the molecule is O=C(Nc1cnn(C2CCN(C(=O)c3ccc(C(F)(F)F)cc3)CC2)c1)c1cc(-c2ccccc2)n2ccccc12. The zero-order chi connectivity index (χ0) is 28.6. The summed E-state index contributed by atoms with van der Waals surface area (Å²) < 4.78 is 42.3. The van der Waals surface area contributed by atoms with Crippen molar-refractivity contribution in [1.82, 2.24) is 19.1 Å². The van der Waals surface area contributed by atoms with Crippen LogP contribution in [0, 0.1) is 0 Å². The number of fused-ring (bicyclic) bond motifs is 1. The molecular formula is C31H26F3N5O2. The molecule has 10 heteroatoms. The Kier molecular flexibility index (Phi) is 6.82. The molecule has 0 aliphatic carbocycles. The number of halogens is 3. The van der Waals surface area contributed by atoms with Gasteiger partial charge in [-0.3, -0.25) is 14.3 Å². The van der Waals surface area contributed by atoms with E-state index in [4.69, 9.17) is 0 Å².